The lowest BCUT2D eigenvalue weighted by Crippen LogP contribution is -2.52. The Balaban J connectivity index is 1.69. The Hall–Kier alpha value is -2.67. The number of ether oxygens (including phenoxy) is 1. The number of esters is 1. The number of aromatic amines is 1. The molecule has 2 aromatic rings. The zero-order valence-corrected chi connectivity index (χ0v) is 16.3. The number of carbonyl (C=O) groups excluding carboxylic acids is 2. The van der Waals surface area contributed by atoms with Crippen LogP contribution in [0, 0.1) is 13.8 Å². The second-order valence-corrected chi connectivity index (χ2v) is 6.87. The number of nitrogens with zero attached hydrogens (tertiary/aromatic N) is 3. The summed E-state index contributed by atoms with van der Waals surface area (Å²) in [6.07, 6.45) is 1.79. The van der Waals surface area contributed by atoms with E-state index in [9.17, 15) is 9.59 Å². The van der Waals surface area contributed by atoms with Crippen LogP contribution in [-0.4, -0.2) is 66.0 Å². The molecule has 1 saturated heterocycles. The minimum absolute atomic E-state index is 0.00274. The molecule has 7 heteroatoms. The molecule has 0 radical (unpaired) electrons. The fourth-order valence-electron chi connectivity index (χ4n) is 3.66. The lowest BCUT2D eigenvalue weighted by Gasteiger charge is -2.38. The normalized spacial score (nSPS) is 16.2. The highest BCUT2D eigenvalue weighted by atomic mass is 16.5. The van der Waals surface area contributed by atoms with Gasteiger partial charge < -0.3 is 14.6 Å². The van der Waals surface area contributed by atoms with E-state index in [1.165, 1.54) is 7.11 Å². The van der Waals surface area contributed by atoms with Crippen molar-refractivity contribution in [2.75, 3.05) is 38.2 Å². The van der Waals surface area contributed by atoms with Gasteiger partial charge in [0, 0.05) is 38.1 Å². The third kappa shape index (κ3) is 3.73. The van der Waals surface area contributed by atoms with Crippen molar-refractivity contribution in [3.63, 3.8) is 0 Å². The van der Waals surface area contributed by atoms with Crippen molar-refractivity contribution in [3.8, 4) is 0 Å². The van der Waals surface area contributed by atoms with E-state index >= 15 is 0 Å². The van der Waals surface area contributed by atoms with Gasteiger partial charge in [-0.15, -0.1) is 0 Å². The van der Waals surface area contributed by atoms with E-state index in [-0.39, 0.29) is 11.8 Å². The fraction of sp³-hybridized carbons (Fsp3) is 0.450. The van der Waals surface area contributed by atoms with Gasteiger partial charge in [-0.25, -0.2) is 9.78 Å². The number of H-pyrrole nitrogens is 1. The predicted molar refractivity (Wildman–Crippen MR) is 103 cm³/mol. The van der Waals surface area contributed by atoms with Crippen LogP contribution in [0.4, 0.5) is 5.82 Å². The zero-order valence-electron chi connectivity index (χ0n) is 16.3. The predicted octanol–water partition coefficient (Wildman–Crippen LogP) is 2.21. The van der Waals surface area contributed by atoms with E-state index < -0.39 is 5.97 Å². The maximum absolute atomic E-state index is 13.0. The van der Waals surface area contributed by atoms with Crippen molar-refractivity contribution in [2.45, 2.75) is 26.8 Å². The van der Waals surface area contributed by atoms with Crippen molar-refractivity contribution in [1.82, 2.24) is 14.9 Å². The summed E-state index contributed by atoms with van der Waals surface area (Å²) in [6, 6.07) is 5.63. The molecule has 27 heavy (non-hydrogen) atoms. The summed E-state index contributed by atoms with van der Waals surface area (Å²) in [6.45, 7) is 8.71. The molecule has 3 heterocycles. The molecule has 1 aliphatic heterocycles. The number of nitrogens with one attached hydrogen (secondary N) is 1. The van der Waals surface area contributed by atoms with E-state index in [1.54, 1.807) is 20.0 Å². The van der Waals surface area contributed by atoms with Crippen LogP contribution < -0.4 is 4.90 Å². The van der Waals surface area contributed by atoms with Crippen LogP contribution in [0.2, 0.25) is 0 Å². The molecule has 3 rings (SSSR count). The second-order valence-electron chi connectivity index (χ2n) is 6.87. The lowest BCUT2D eigenvalue weighted by atomic mass is 10.0. The lowest BCUT2D eigenvalue weighted by molar-refractivity contribution is 0.0599. The molecule has 144 valence electrons. The maximum Gasteiger partial charge on any atom is 0.339 e. The number of rotatable bonds is 5. The van der Waals surface area contributed by atoms with Gasteiger partial charge in [-0.2, -0.15) is 0 Å². The zero-order chi connectivity index (χ0) is 19.6. The number of carbonyl (C=O) groups is 2. The van der Waals surface area contributed by atoms with Gasteiger partial charge in [0.05, 0.1) is 24.4 Å². The molecular formula is C20H26N4O3. The summed E-state index contributed by atoms with van der Waals surface area (Å²) in [5, 5.41) is 0. The minimum Gasteiger partial charge on any atom is -0.465 e. The number of Topliss-reactive ketones (excluding diaryl/α,β-unsaturated/α-hetero) is 1. The minimum atomic E-state index is -0.420. The molecule has 1 N–H and O–H groups in total. The van der Waals surface area contributed by atoms with Crippen LogP contribution in [0.25, 0.3) is 0 Å². The van der Waals surface area contributed by atoms with Crippen molar-refractivity contribution in [2.24, 2.45) is 0 Å². The Kier molecular flexibility index (Phi) is 5.60. The van der Waals surface area contributed by atoms with Gasteiger partial charge in [-0.05, 0) is 38.5 Å². The summed E-state index contributed by atoms with van der Waals surface area (Å²) in [5.41, 5.74) is 2.26. The number of anilines is 1. The van der Waals surface area contributed by atoms with E-state index in [0.717, 1.165) is 32.0 Å². The molecule has 7 nitrogen and oxygen atoms in total. The first-order chi connectivity index (χ1) is 12.9. The highest BCUT2D eigenvalue weighted by Crippen LogP contribution is 2.22. The molecular weight excluding hydrogens is 344 g/mol. The molecule has 0 bridgehead atoms. The topological polar surface area (TPSA) is 78.5 Å². The second kappa shape index (κ2) is 7.92. The first-order valence-electron chi connectivity index (χ1n) is 9.15. The Labute approximate surface area is 159 Å². The molecule has 2 aromatic heterocycles. The summed E-state index contributed by atoms with van der Waals surface area (Å²) >= 11 is 0. The average molecular weight is 370 g/mol. The van der Waals surface area contributed by atoms with Crippen LogP contribution in [0.5, 0.6) is 0 Å². The monoisotopic (exact) mass is 370 g/mol. The van der Waals surface area contributed by atoms with Crippen molar-refractivity contribution in [1.29, 1.82) is 0 Å². The number of methoxy groups -OCH3 is 1. The maximum atomic E-state index is 13.0. The van der Waals surface area contributed by atoms with E-state index in [0.29, 0.717) is 22.5 Å². The number of hydrogen-bond acceptors (Lipinski definition) is 6. The first-order valence-corrected chi connectivity index (χ1v) is 9.15. The highest BCUT2D eigenvalue weighted by Gasteiger charge is 2.30. The van der Waals surface area contributed by atoms with Crippen molar-refractivity contribution >= 4 is 17.6 Å². The van der Waals surface area contributed by atoms with Gasteiger partial charge in [0.2, 0.25) is 0 Å². The number of hydrogen-bond donors (Lipinski definition) is 1. The van der Waals surface area contributed by atoms with Crippen LogP contribution >= 0.6 is 0 Å². The molecule has 0 unspecified atom stereocenters. The Morgan fingerprint density at radius 2 is 1.89 bits per heavy atom. The smallest absolute Gasteiger partial charge is 0.339 e. The number of aryl methyl sites for hydroxylation is 1. The number of piperazine rings is 1. The third-order valence-electron chi connectivity index (χ3n) is 5.29. The Morgan fingerprint density at radius 3 is 2.48 bits per heavy atom. The number of pyridine rings is 1. The van der Waals surface area contributed by atoms with Gasteiger partial charge in [0.1, 0.15) is 5.82 Å². The molecule has 0 amide bonds. The molecule has 1 aliphatic rings. The first kappa shape index (κ1) is 19.1. The van der Waals surface area contributed by atoms with Crippen LogP contribution in [0.15, 0.2) is 24.4 Å². The van der Waals surface area contributed by atoms with E-state index in [1.807, 2.05) is 25.1 Å². The van der Waals surface area contributed by atoms with Crippen LogP contribution in [-0.2, 0) is 4.74 Å². The molecule has 1 atom stereocenters. The van der Waals surface area contributed by atoms with Crippen molar-refractivity contribution < 1.29 is 14.3 Å². The summed E-state index contributed by atoms with van der Waals surface area (Å²) in [7, 11) is 1.35. The summed E-state index contributed by atoms with van der Waals surface area (Å²) in [4.78, 5) is 36.9. The highest BCUT2D eigenvalue weighted by molar-refractivity contribution is 6.03. The average Bonchev–Trinajstić information content (AvgIpc) is 3.01. The quantitative estimate of drug-likeness (QED) is 0.642. The fourth-order valence-corrected chi connectivity index (χ4v) is 3.66. The largest absolute Gasteiger partial charge is 0.465 e. The van der Waals surface area contributed by atoms with E-state index in [4.69, 9.17) is 4.74 Å². The molecule has 0 saturated carbocycles. The SMILES string of the molecule is COC(=O)c1c(C)[nH]c(C(=O)[C@@H](C)N2CCN(c3ccccn3)CC2)c1C. The van der Waals surface area contributed by atoms with Crippen LogP contribution in [0.1, 0.15) is 39.0 Å². The van der Waals surface area contributed by atoms with E-state index in [2.05, 4.69) is 19.8 Å². The Bertz CT molecular complexity index is 823. The standard InChI is InChI=1S/C20H26N4O3/c1-13-17(20(26)27-4)14(2)22-18(13)19(25)15(3)23-9-11-24(12-10-23)16-7-5-6-8-21-16/h5-8,15,22H,9-12H2,1-4H3/t15-/m1/s1. The summed E-state index contributed by atoms with van der Waals surface area (Å²) < 4.78 is 4.83. The van der Waals surface area contributed by atoms with Gasteiger partial charge in [-0.1, -0.05) is 6.07 Å². The number of ketones is 1. The van der Waals surface area contributed by atoms with Gasteiger partial charge >= 0.3 is 5.97 Å². The molecule has 1 fully saturated rings. The molecule has 0 aromatic carbocycles. The third-order valence-corrected chi connectivity index (χ3v) is 5.29. The number of aromatic nitrogens is 2. The molecule has 0 aliphatic carbocycles. The molecule has 0 spiro atoms. The van der Waals surface area contributed by atoms with Gasteiger partial charge in [-0.3, -0.25) is 9.69 Å². The van der Waals surface area contributed by atoms with Crippen molar-refractivity contribution in [3.05, 3.63) is 46.9 Å². The van der Waals surface area contributed by atoms with Gasteiger partial charge in [0.15, 0.2) is 5.78 Å². The van der Waals surface area contributed by atoms with Gasteiger partial charge in [0.25, 0.3) is 0 Å². The Morgan fingerprint density at radius 1 is 1.19 bits per heavy atom. The van der Waals surface area contributed by atoms with Crippen LogP contribution in [0.3, 0.4) is 0 Å². The summed E-state index contributed by atoms with van der Waals surface area (Å²) in [5.74, 6) is 0.545.